The Morgan fingerprint density at radius 2 is 2.28 bits per heavy atom. The molecule has 1 aliphatic rings. The van der Waals surface area contributed by atoms with E-state index in [1.165, 1.54) is 0 Å². The van der Waals surface area contributed by atoms with E-state index in [1.54, 1.807) is 11.3 Å². The highest BCUT2D eigenvalue weighted by Gasteiger charge is 2.36. The molecule has 0 radical (unpaired) electrons. The van der Waals surface area contributed by atoms with E-state index in [4.69, 9.17) is 10.6 Å². The van der Waals surface area contributed by atoms with E-state index in [9.17, 15) is 0 Å². The van der Waals surface area contributed by atoms with Gasteiger partial charge in [0.2, 0.25) is 0 Å². The van der Waals surface area contributed by atoms with Crippen molar-refractivity contribution in [2.24, 2.45) is 5.84 Å². The predicted molar refractivity (Wildman–Crippen MR) is 73.4 cm³/mol. The zero-order chi connectivity index (χ0) is 13.0. The van der Waals surface area contributed by atoms with E-state index < -0.39 is 0 Å². The van der Waals surface area contributed by atoms with Crippen molar-refractivity contribution >= 4 is 11.3 Å². The van der Waals surface area contributed by atoms with Gasteiger partial charge < -0.3 is 4.74 Å². The number of ether oxygens (including phenoxy) is 1. The molecule has 0 aromatic carbocycles. The van der Waals surface area contributed by atoms with Gasteiger partial charge in [-0.05, 0) is 13.8 Å². The number of nitrogens with zero attached hydrogens (tertiary/aromatic N) is 2. The summed E-state index contributed by atoms with van der Waals surface area (Å²) in [6, 6.07) is 0.182. The van der Waals surface area contributed by atoms with Crippen LogP contribution in [0.2, 0.25) is 0 Å². The molecule has 0 saturated carbocycles. The lowest BCUT2D eigenvalue weighted by Crippen LogP contribution is -2.62. The van der Waals surface area contributed by atoms with Gasteiger partial charge in [-0.2, -0.15) is 0 Å². The topological polar surface area (TPSA) is 63.4 Å². The SMILES string of the molecule is CC(C)(C(Cc1nccs1)NN)N1CCOCC1. The van der Waals surface area contributed by atoms with Crippen LogP contribution in [0.15, 0.2) is 11.6 Å². The molecular weight excluding hydrogens is 248 g/mol. The van der Waals surface area contributed by atoms with Gasteiger partial charge in [0.15, 0.2) is 0 Å². The van der Waals surface area contributed by atoms with Crippen molar-refractivity contribution in [2.75, 3.05) is 26.3 Å². The normalized spacial score (nSPS) is 19.9. The van der Waals surface area contributed by atoms with Crippen molar-refractivity contribution in [3.05, 3.63) is 16.6 Å². The molecule has 6 heteroatoms. The average Bonchev–Trinajstić information content (AvgIpc) is 2.89. The highest BCUT2D eigenvalue weighted by molar-refractivity contribution is 7.09. The van der Waals surface area contributed by atoms with Gasteiger partial charge in [-0.15, -0.1) is 11.3 Å². The van der Waals surface area contributed by atoms with E-state index >= 15 is 0 Å². The van der Waals surface area contributed by atoms with Crippen molar-refractivity contribution in [3.8, 4) is 0 Å². The van der Waals surface area contributed by atoms with Crippen molar-refractivity contribution in [3.63, 3.8) is 0 Å². The fourth-order valence-corrected chi connectivity index (χ4v) is 3.06. The third kappa shape index (κ3) is 3.07. The Balaban J connectivity index is 2.04. The Labute approximate surface area is 112 Å². The summed E-state index contributed by atoms with van der Waals surface area (Å²) in [7, 11) is 0. The third-order valence-electron chi connectivity index (χ3n) is 3.74. The Kier molecular flexibility index (Phi) is 4.69. The molecule has 1 atom stereocenters. The Morgan fingerprint density at radius 3 is 2.83 bits per heavy atom. The van der Waals surface area contributed by atoms with Gasteiger partial charge in [0.05, 0.1) is 18.2 Å². The molecule has 0 amide bonds. The second kappa shape index (κ2) is 6.08. The summed E-state index contributed by atoms with van der Waals surface area (Å²) in [5.41, 5.74) is 2.95. The third-order valence-corrected chi connectivity index (χ3v) is 4.54. The lowest BCUT2D eigenvalue weighted by atomic mass is 9.90. The van der Waals surface area contributed by atoms with Crippen LogP contribution in [-0.2, 0) is 11.2 Å². The molecular formula is C12H22N4OS. The minimum absolute atomic E-state index is 0.00972. The van der Waals surface area contributed by atoms with E-state index in [-0.39, 0.29) is 11.6 Å². The van der Waals surface area contributed by atoms with Crippen LogP contribution in [-0.4, -0.2) is 47.8 Å². The maximum Gasteiger partial charge on any atom is 0.0941 e. The molecule has 1 aliphatic heterocycles. The average molecular weight is 270 g/mol. The number of hydrazine groups is 1. The van der Waals surface area contributed by atoms with E-state index in [0.717, 1.165) is 37.7 Å². The summed E-state index contributed by atoms with van der Waals surface area (Å²) in [6.07, 6.45) is 2.70. The number of nitrogens with one attached hydrogen (secondary N) is 1. The van der Waals surface area contributed by atoms with E-state index in [0.29, 0.717) is 0 Å². The molecule has 1 fully saturated rings. The first-order valence-corrected chi connectivity index (χ1v) is 7.20. The molecule has 18 heavy (non-hydrogen) atoms. The molecule has 2 heterocycles. The van der Waals surface area contributed by atoms with Crippen LogP contribution in [0.4, 0.5) is 0 Å². The van der Waals surface area contributed by atoms with Crippen LogP contribution in [0, 0.1) is 0 Å². The fourth-order valence-electron chi connectivity index (χ4n) is 2.40. The number of morpholine rings is 1. The summed E-state index contributed by atoms with van der Waals surface area (Å²) in [6.45, 7) is 7.99. The Bertz CT molecular complexity index is 349. The summed E-state index contributed by atoms with van der Waals surface area (Å²) >= 11 is 1.68. The van der Waals surface area contributed by atoms with Crippen LogP contribution in [0.5, 0.6) is 0 Å². The molecule has 1 aromatic rings. The quantitative estimate of drug-likeness (QED) is 0.607. The van der Waals surface area contributed by atoms with Crippen molar-refractivity contribution in [1.82, 2.24) is 15.3 Å². The highest BCUT2D eigenvalue weighted by atomic mass is 32.1. The molecule has 5 nitrogen and oxygen atoms in total. The highest BCUT2D eigenvalue weighted by Crippen LogP contribution is 2.23. The first-order chi connectivity index (χ1) is 8.64. The molecule has 1 unspecified atom stereocenters. The molecule has 0 aliphatic carbocycles. The molecule has 0 bridgehead atoms. The predicted octanol–water partition coefficient (Wildman–Crippen LogP) is 0.628. The minimum Gasteiger partial charge on any atom is -0.379 e. The van der Waals surface area contributed by atoms with E-state index in [2.05, 4.69) is 29.2 Å². The zero-order valence-electron chi connectivity index (χ0n) is 11.1. The van der Waals surface area contributed by atoms with Gasteiger partial charge in [-0.25, -0.2) is 4.98 Å². The van der Waals surface area contributed by atoms with Crippen molar-refractivity contribution in [1.29, 1.82) is 0 Å². The van der Waals surface area contributed by atoms with Crippen molar-refractivity contribution < 1.29 is 4.74 Å². The first-order valence-electron chi connectivity index (χ1n) is 6.32. The Hall–Kier alpha value is -0.530. The first kappa shape index (κ1) is 13.9. The van der Waals surface area contributed by atoms with Gasteiger partial charge in [-0.3, -0.25) is 16.2 Å². The van der Waals surface area contributed by atoms with Crippen molar-refractivity contribution in [2.45, 2.75) is 31.8 Å². The maximum atomic E-state index is 5.75. The summed E-state index contributed by atoms with van der Waals surface area (Å²) < 4.78 is 5.41. The van der Waals surface area contributed by atoms with Crippen LogP contribution in [0.25, 0.3) is 0 Å². The second-order valence-corrected chi connectivity index (χ2v) is 6.08. The molecule has 3 N–H and O–H groups in total. The zero-order valence-corrected chi connectivity index (χ0v) is 11.9. The summed E-state index contributed by atoms with van der Waals surface area (Å²) in [5, 5.41) is 3.13. The lowest BCUT2D eigenvalue weighted by molar-refractivity contribution is -0.0233. The number of aromatic nitrogens is 1. The number of hydrogen-bond donors (Lipinski definition) is 2. The van der Waals surface area contributed by atoms with Gasteiger partial charge in [-0.1, -0.05) is 0 Å². The Morgan fingerprint density at radius 1 is 1.56 bits per heavy atom. The summed E-state index contributed by atoms with van der Waals surface area (Å²) in [4.78, 5) is 6.78. The number of thiazole rings is 1. The minimum atomic E-state index is -0.00972. The lowest BCUT2D eigenvalue weighted by Gasteiger charge is -2.45. The molecule has 1 aromatic heterocycles. The molecule has 0 spiro atoms. The largest absolute Gasteiger partial charge is 0.379 e. The van der Waals surface area contributed by atoms with Crippen LogP contribution in [0.1, 0.15) is 18.9 Å². The van der Waals surface area contributed by atoms with Crippen LogP contribution >= 0.6 is 11.3 Å². The smallest absolute Gasteiger partial charge is 0.0941 e. The van der Waals surface area contributed by atoms with Gasteiger partial charge in [0.1, 0.15) is 0 Å². The number of rotatable bonds is 5. The van der Waals surface area contributed by atoms with Gasteiger partial charge in [0.25, 0.3) is 0 Å². The second-order valence-electron chi connectivity index (χ2n) is 5.10. The van der Waals surface area contributed by atoms with E-state index in [1.807, 2.05) is 11.6 Å². The van der Waals surface area contributed by atoms with Crippen LogP contribution < -0.4 is 11.3 Å². The maximum absolute atomic E-state index is 5.75. The summed E-state index contributed by atoms with van der Waals surface area (Å²) in [5.74, 6) is 5.75. The standard InChI is InChI=1S/C12H22N4OS/c1-12(2,16-4-6-17-7-5-16)10(15-13)9-11-14-3-8-18-11/h3,8,10,15H,4-7,9,13H2,1-2H3. The fraction of sp³-hybridized carbons (Fsp3) is 0.750. The molecule has 2 rings (SSSR count). The van der Waals surface area contributed by atoms with Gasteiger partial charge in [0, 0.05) is 42.7 Å². The van der Waals surface area contributed by atoms with Gasteiger partial charge >= 0.3 is 0 Å². The van der Waals surface area contributed by atoms with Crippen LogP contribution in [0.3, 0.4) is 0 Å². The number of hydrogen-bond acceptors (Lipinski definition) is 6. The monoisotopic (exact) mass is 270 g/mol. The molecule has 102 valence electrons. The molecule has 1 saturated heterocycles. The number of nitrogens with two attached hydrogens (primary N) is 1.